The number of hydrogen-bond donors (Lipinski definition) is 1. The number of benzene rings is 1. The lowest BCUT2D eigenvalue weighted by molar-refractivity contribution is -0.131. The number of nitrogens with zero attached hydrogens (tertiary/aromatic N) is 1. The zero-order valence-corrected chi connectivity index (χ0v) is 11.9. The van der Waals surface area contributed by atoms with E-state index < -0.39 is 0 Å². The molecule has 1 aromatic rings. The monoisotopic (exact) mass is 260 g/mol. The van der Waals surface area contributed by atoms with Gasteiger partial charge in [0.05, 0.1) is 6.54 Å². The van der Waals surface area contributed by atoms with Crippen molar-refractivity contribution in [2.75, 3.05) is 20.1 Å². The van der Waals surface area contributed by atoms with Gasteiger partial charge in [-0.05, 0) is 31.9 Å². The summed E-state index contributed by atoms with van der Waals surface area (Å²) in [5, 5.41) is 2.97. The van der Waals surface area contributed by atoms with Gasteiger partial charge >= 0.3 is 0 Å². The van der Waals surface area contributed by atoms with Crippen molar-refractivity contribution in [1.82, 2.24) is 10.2 Å². The van der Waals surface area contributed by atoms with Crippen LogP contribution in [0.1, 0.15) is 37.7 Å². The molecular weight excluding hydrogens is 236 g/mol. The van der Waals surface area contributed by atoms with Crippen LogP contribution in [0.3, 0.4) is 0 Å². The van der Waals surface area contributed by atoms with Gasteiger partial charge in [0.25, 0.3) is 0 Å². The number of hydrogen-bond acceptors (Lipinski definition) is 2. The van der Waals surface area contributed by atoms with Gasteiger partial charge in [-0.1, -0.05) is 37.3 Å². The zero-order valence-electron chi connectivity index (χ0n) is 11.9. The van der Waals surface area contributed by atoms with Crippen LogP contribution in [-0.4, -0.2) is 37.0 Å². The quantitative estimate of drug-likeness (QED) is 0.881. The molecule has 1 aliphatic heterocycles. The van der Waals surface area contributed by atoms with Crippen molar-refractivity contribution in [2.24, 2.45) is 0 Å². The Morgan fingerprint density at radius 3 is 2.79 bits per heavy atom. The topological polar surface area (TPSA) is 32.3 Å². The Kier molecular flexibility index (Phi) is 4.97. The SMILES string of the molecule is CCC(c1ccccc1)C1CCCN1C(=O)CNC. The van der Waals surface area contributed by atoms with Gasteiger partial charge in [0, 0.05) is 18.5 Å². The maximum Gasteiger partial charge on any atom is 0.236 e. The first kappa shape index (κ1) is 14.1. The van der Waals surface area contributed by atoms with Gasteiger partial charge in [0.2, 0.25) is 5.91 Å². The minimum absolute atomic E-state index is 0.236. The normalized spacial score (nSPS) is 20.5. The molecule has 2 unspecified atom stereocenters. The molecule has 1 saturated heterocycles. The number of nitrogens with one attached hydrogen (secondary N) is 1. The molecule has 3 heteroatoms. The summed E-state index contributed by atoms with van der Waals surface area (Å²) in [6, 6.07) is 11.0. The molecule has 1 fully saturated rings. The number of likely N-dealkylation sites (N-methyl/N-ethyl adjacent to an activating group) is 1. The van der Waals surface area contributed by atoms with Crippen LogP contribution in [0, 0.1) is 0 Å². The largest absolute Gasteiger partial charge is 0.338 e. The summed E-state index contributed by atoms with van der Waals surface area (Å²) >= 11 is 0. The third kappa shape index (κ3) is 3.16. The molecule has 1 N–H and O–H groups in total. The van der Waals surface area contributed by atoms with Crippen LogP contribution >= 0.6 is 0 Å². The minimum atomic E-state index is 0.236. The molecule has 0 aromatic heterocycles. The Labute approximate surface area is 116 Å². The molecule has 1 aromatic carbocycles. The highest BCUT2D eigenvalue weighted by Gasteiger charge is 2.34. The predicted octanol–water partition coefficient (Wildman–Crippen LogP) is 2.39. The molecule has 1 amide bonds. The Hall–Kier alpha value is -1.35. The molecular formula is C16H24N2O. The molecule has 3 nitrogen and oxygen atoms in total. The van der Waals surface area contributed by atoms with E-state index in [1.165, 1.54) is 5.56 Å². The van der Waals surface area contributed by atoms with Crippen LogP contribution in [0.4, 0.5) is 0 Å². The highest BCUT2D eigenvalue weighted by Crippen LogP contribution is 2.33. The standard InChI is InChI=1S/C16H24N2O/c1-3-14(13-8-5-4-6-9-13)15-10-7-11-18(15)16(19)12-17-2/h4-6,8-9,14-15,17H,3,7,10-12H2,1-2H3. The van der Waals surface area contributed by atoms with Crippen molar-refractivity contribution in [3.05, 3.63) is 35.9 Å². The van der Waals surface area contributed by atoms with Crippen molar-refractivity contribution < 1.29 is 4.79 Å². The van der Waals surface area contributed by atoms with E-state index in [1.807, 2.05) is 7.05 Å². The number of rotatable bonds is 5. The molecule has 0 spiro atoms. The van der Waals surface area contributed by atoms with Gasteiger partial charge in [0.15, 0.2) is 0 Å². The van der Waals surface area contributed by atoms with Gasteiger partial charge in [-0.2, -0.15) is 0 Å². The molecule has 0 aliphatic carbocycles. The number of likely N-dealkylation sites (tertiary alicyclic amines) is 1. The van der Waals surface area contributed by atoms with Crippen LogP contribution in [0.15, 0.2) is 30.3 Å². The minimum Gasteiger partial charge on any atom is -0.338 e. The third-order valence-electron chi connectivity index (χ3n) is 4.08. The van der Waals surface area contributed by atoms with E-state index in [4.69, 9.17) is 0 Å². The molecule has 19 heavy (non-hydrogen) atoms. The smallest absolute Gasteiger partial charge is 0.236 e. The molecule has 1 aliphatic rings. The summed E-state index contributed by atoms with van der Waals surface area (Å²) in [5.74, 6) is 0.698. The van der Waals surface area contributed by atoms with E-state index in [0.29, 0.717) is 18.5 Å². The van der Waals surface area contributed by atoms with Gasteiger partial charge in [0.1, 0.15) is 0 Å². The summed E-state index contributed by atoms with van der Waals surface area (Å²) in [6.45, 7) is 3.58. The van der Waals surface area contributed by atoms with E-state index in [0.717, 1.165) is 25.8 Å². The fraction of sp³-hybridized carbons (Fsp3) is 0.562. The van der Waals surface area contributed by atoms with E-state index in [2.05, 4.69) is 47.5 Å². The lowest BCUT2D eigenvalue weighted by Crippen LogP contribution is -2.42. The van der Waals surface area contributed by atoms with Crippen molar-refractivity contribution >= 4 is 5.91 Å². The molecule has 0 saturated carbocycles. The van der Waals surface area contributed by atoms with Crippen molar-refractivity contribution in [2.45, 2.75) is 38.1 Å². The molecule has 104 valence electrons. The number of carbonyl (C=O) groups excluding carboxylic acids is 1. The average Bonchev–Trinajstić information content (AvgIpc) is 2.90. The molecule has 2 atom stereocenters. The summed E-state index contributed by atoms with van der Waals surface area (Å²) < 4.78 is 0. The first-order chi connectivity index (χ1) is 9.27. The van der Waals surface area contributed by atoms with Crippen LogP contribution < -0.4 is 5.32 Å². The zero-order chi connectivity index (χ0) is 13.7. The highest BCUT2D eigenvalue weighted by molar-refractivity contribution is 5.79. The number of amides is 1. The van der Waals surface area contributed by atoms with Crippen molar-refractivity contribution in [3.8, 4) is 0 Å². The van der Waals surface area contributed by atoms with Crippen molar-refractivity contribution in [1.29, 1.82) is 0 Å². The average molecular weight is 260 g/mol. The Balaban J connectivity index is 2.15. The second-order valence-corrected chi connectivity index (χ2v) is 5.25. The fourth-order valence-electron chi connectivity index (χ4n) is 3.20. The maximum absolute atomic E-state index is 12.2. The van der Waals surface area contributed by atoms with E-state index >= 15 is 0 Å². The second-order valence-electron chi connectivity index (χ2n) is 5.25. The summed E-state index contributed by atoms with van der Waals surface area (Å²) in [5.41, 5.74) is 1.36. The molecule has 0 bridgehead atoms. The number of carbonyl (C=O) groups is 1. The Morgan fingerprint density at radius 1 is 1.42 bits per heavy atom. The maximum atomic E-state index is 12.2. The molecule has 2 rings (SSSR count). The lowest BCUT2D eigenvalue weighted by Gasteiger charge is -2.31. The molecule has 0 radical (unpaired) electrons. The van der Waals surface area contributed by atoms with Crippen molar-refractivity contribution in [3.63, 3.8) is 0 Å². The molecule has 1 heterocycles. The fourth-order valence-corrected chi connectivity index (χ4v) is 3.20. The second kappa shape index (κ2) is 6.71. The van der Waals surface area contributed by atoms with E-state index in [-0.39, 0.29) is 5.91 Å². The van der Waals surface area contributed by atoms with Gasteiger partial charge in [-0.15, -0.1) is 0 Å². The Bertz CT molecular complexity index is 404. The third-order valence-corrected chi connectivity index (χ3v) is 4.08. The summed E-state index contributed by atoms with van der Waals surface area (Å²) in [4.78, 5) is 14.3. The van der Waals surface area contributed by atoms with Crippen LogP contribution in [0.2, 0.25) is 0 Å². The summed E-state index contributed by atoms with van der Waals surface area (Å²) in [6.07, 6.45) is 3.34. The van der Waals surface area contributed by atoms with Gasteiger partial charge in [-0.25, -0.2) is 0 Å². The van der Waals surface area contributed by atoms with Gasteiger partial charge in [-0.3, -0.25) is 4.79 Å². The lowest BCUT2D eigenvalue weighted by atomic mass is 9.87. The predicted molar refractivity (Wildman–Crippen MR) is 78.1 cm³/mol. The van der Waals surface area contributed by atoms with E-state index in [1.54, 1.807) is 0 Å². The Morgan fingerprint density at radius 2 is 2.16 bits per heavy atom. The van der Waals surface area contributed by atoms with Crippen LogP contribution in [0.5, 0.6) is 0 Å². The van der Waals surface area contributed by atoms with Crippen LogP contribution in [-0.2, 0) is 4.79 Å². The first-order valence-corrected chi connectivity index (χ1v) is 7.27. The summed E-state index contributed by atoms with van der Waals surface area (Å²) in [7, 11) is 1.83. The first-order valence-electron chi connectivity index (χ1n) is 7.27. The van der Waals surface area contributed by atoms with E-state index in [9.17, 15) is 4.79 Å². The van der Waals surface area contributed by atoms with Gasteiger partial charge < -0.3 is 10.2 Å². The highest BCUT2D eigenvalue weighted by atomic mass is 16.2. The van der Waals surface area contributed by atoms with Crippen LogP contribution in [0.25, 0.3) is 0 Å².